The Kier molecular flexibility index (Phi) is 4.84. The summed E-state index contributed by atoms with van der Waals surface area (Å²) < 4.78 is 2.11. The third-order valence-electron chi connectivity index (χ3n) is 4.84. The summed E-state index contributed by atoms with van der Waals surface area (Å²) in [5.41, 5.74) is 1.06. The average Bonchev–Trinajstić information content (AvgIpc) is 3.33. The summed E-state index contributed by atoms with van der Waals surface area (Å²) in [7, 11) is 0. The van der Waals surface area contributed by atoms with Gasteiger partial charge in [0.1, 0.15) is 17.3 Å². The summed E-state index contributed by atoms with van der Waals surface area (Å²) in [5, 5.41) is 23.0. The van der Waals surface area contributed by atoms with Crippen molar-refractivity contribution in [1.82, 2.24) is 14.8 Å². The Labute approximate surface area is 161 Å². The lowest BCUT2D eigenvalue weighted by molar-refractivity contribution is -0.384. The monoisotopic (exact) mass is 377 g/mol. The van der Waals surface area contributed by atoms with Crippen molar-refractivity contribution in [1.29, 1.82) is 0 Å². The van der Waals surface area contributed by atoms with Crippen LogP contribution in [-0.2, 0) is 19.4 Å². The van der Waals surface area contributed by atoms with Crippen LogP contribution in [0.2, 0.25) is 0 Å². The van der Waals surface area contributed by atoms with Crippen LogP contribution < -0.4 is 5.32 Å². The second kappa shape index (κ2) is 7.59. The third-order valence-corrected chi connectivity index (χ3v) is 4.84. The Morgan fingerprint density at radius 3 is 2.75 bits per heavy atom. The highest BCUT2D eigenvalue weighted by molar-refractivity contribution is 6.09. The third kappa shape index (κ3) is 3.48. The summed E-state index contributed by atoms with van der Waals surface area (Å²) in [6.07, 6.45) is 2.64. The number of fused-ring (bicyclic) bond motifs is 1. The van der Waals surface area contributed by atoms with Crippen LogP contribution in [0.1, 0.15) is 34.0 Å². The number of anilines is 1. The van der Waals surface area contributed by atoms with Gasteiger partial charge in [-0.3, -0.25) is 14.9 Å². The van der Waals surface area contributed by atoms with Gasteiger partial charge in [-0.1, -0.05) is 30.3 Å². The van der Waals surface area contributed by atoms with Gasteiger partial charge in [-0.15, -0.1) is 10.2 Å². The van der Waals surface area contributed by atoms with E-state index in [4.69, 9.17) is 0 Å². The van der Waals surface area contributed by atoms with Crippen LogP contribution in [0.15, 0.2) is 48.5 Å². The Hall–Kier alpha value is -3.55. The number of aromatic nitrogens is 3. The molecule has 8 nitrogen and oxygen atoms in total. The lowest BCUT2D eigenvalue weighted by Crippen LogP contribution is -2.11. The molecule has 0 atom stereocenters. The first-order chi connectivity index (χ1) is 13.6. The van der Waals surface area contributed by atoms with E-state index in [9.17, 15) is 14.9 Å². The lowest BCUT2D eigenvalue weighted by atomic mass is 10.0. The summed E-state index contributed by atoms with van der Waals surface area (Å²) in [5.74, 6) is 1.65. The van der Waals surface area contributed by atoms with Crippen molar-refractivity contribution in [2.24, 2.45) is 0 Å². The maximum atomic E-state index is 12.5. The van der Waals surface area contributed by atoms with Gasteiger partial charge in [-0.2, -0.15) is 0 Å². The molecular formula is C20H19N5O3. The van der Waals surface area contributed by atoms with E-state index in [1.165, 1.54) is 6.07 Å². The number of benzene rings is 2. The van der Waals surface area contributed by atoms with Gasteiger partial charge < -0.3 is 9.88 Å². The summed E-state index contributed by atoms with van der Waals surface area (Å²) in [6, 6.07) is 13.2. The number of rotatable bonds is 7. The molecule has 28 heavy (non-hydrogen) atoms. The quantitative estimate of drug-likeness (QED) is 0.386. The first kappa shape index (κ1) is 17.8. The Bertz CT molecular complexity index is 1030. The lowest BCUT2D eigenvalue weighted by Gasteiger charge is -2.09. The van der Waals surface area contributed by atoms with E-state index in [1.54, 1.807) is 36.4 Å². The van der Waals surface area contributed by atoms with Crippen LogP contribution in [0.3, 0.4) is 0 Å². The molecule has 0 radical (unpaired) electrons. The standard InChI is InChI=1S/C20H19N5O3/c26-20(14-5-2-1-3-6-14)15-8-9-16(17(13-15)25(27)28)21-11-10-19-23-22-18-7-4-12-24(18)19/h1-3,5-6,8-9,13,21H,4,7,10-12H2. The van der Waals surface area contributed by atoms with Crippen molar-refractivity contribution in [3.05, 3.63) is 81.4 Å². The van der Waals surface area contributed by atoms with E-state index in [1.807, 2.05) is 6.07 Å². The molecule has 0 spiro atoms. The van der Waals surface area contributed by atoms with Crippen LogP contribution in [0.25, 0.3) is 0 Å². The zero-order chi connectivity index (χ0) is 19.5. The number of nitro benzene ring substituents is 1. The fourth-order valence-corrected chi connectivity index (χ4v) is 3.43. The molecule has 0 aliphatic carbocycles. The second-order valence-electron chi connectivity index (χ2n) is 6.65. The van der Waals surface area contributed by atoms with Gasteiger partial charge in [-0.25, -0.2) is 0 Å². The van der Waals surface area contributed by atoms with Crippen molar-refractivity contribution in [2.45, 2.75) is 25.8 Å². The molecule has 1 aromatic heterocycles. The van der Waals surface area contributed by atoms with Gasteiger partial charge in [0.2, 0.25) is 0 Å². The van der Waals surface area contributed by atoms with Gasteiger partial charge >= 0.3 is 0 Å². The summed E-state index contributed by atoms with van der Waals surface area (Å²) in [4.78, 5) is 23.6. The van der Waals surface area contributed by atoms with E-state index >= 15 is 0 Å². The zero-order valence-electron chi connectivity index (χ0n) is 15.2. The van der Waals surface area contributed by atoms with Gasteiger partial charge in [-0.05, 0) is 18.6 Å². The molecule has 0 unspecified atom stereocenters. The predicted molar refractivity (Wildman–Crippen MR) is 104 cm³/mol. The smallest absolute Gasteiger partial charge is 0.293 e. The molecule has 142 valence electrons. The average molecular weight is 377 g/mol. The van der Waals surface area contributed by atoms with Crippen LogP contribution in [-0.4, -0.2) is 32.0 Å². The molecule has 2 heterocycles. The van der Waals surface area contributed by atoms with E-state index in [0.717, 1.165) is 31.0 Å². The molecule has 0 saturated heterocycles. The van der Waals surface area contributed by atoms with Crippen LogP contribution in [0.4, 0.5) is 11.4 Å². The minimum Gasteiger partial charge on any atom is -0.379 e. The molecule has 1 aliphatic rings. The zero-order valence-corrected chi connectivity index (χ0v) is 15.2. The molecule has 2 aromatic carbocycles. The number of nitrogens with one attached hydrogen (secondary N) is 1. The summed E-state index contributed by atoms with van der Waals surface area (Å²) >= 11 is 0. The van der Waals surface area contributed by atoms with E-state index < -0.39 is 4.92 Å². The van der Waals surface area contributed by atoms with E-state index in [-0.39, 0.29) is 11.5 Å². The van der Waals surface area contributed by atoms with Crippen molar-refractivity contribution >= 4 is 17.2 Å². The summed E-state index contributed by atoms with van der Waals surface area (Å²) in [6.45, 7) is 1.42. The van der Waals surface area contributed by atoms with E-state index in [2.05, 4.69) is 20.1 Å². The highest BCUT2D eigenvalue weighted by Gasteiger charge is 2.20. The first-order valence-corrected chi connectivity index (χ1v) is 9.16. The minimum absolute atomic E-state index is 0.117. The number of hydrogen-bond acceptors (Lipinski definition) is 6. The number of nitrogens with zero attached hydrogens (tertiary/aromatic N) is 4. The Morgan fingerprint density at radius 2 is 1.96 bits per heavy atom. The maximum Gasteiger partial charge on any atom is 0.293 e. The van der Waals surface area contributed by atoms with E-state index in [0.29, 0.717) is 29.8 Å². The Morgan fingerprint density at radius 1 is 1.14 bits per heavy atom. The van der Waals surface area contributed by atoms with Crippen molar-refractivity contribution in [2.75, 3.05) is 11.9 Å². The molecule has 8 heteroatoms. The van der Waals surface area contributed by atoms with Crippen LogP contribution >= 0.6 is 0 Å². The fourth-order valence-electron chi connectivity index (χ4n) is 3.43. The molecular weight excluding hydrogens is 358 g/mol. The normalized spacial score (nSPS) is 12.6. The highest BCUT2D eigenvalue weighted by atomic mass is 16.6. The minimum atomic E-state index is -0.473. The number of ketones is 1. The SMILES string of the molecule is O=C(c1ccccc1)c1ccc(NCCc2nnc3n2CCC3)c([N+](=O)[O-])c1. The first-order valence-electron chi connectivity index (χ1n) is 9.16. The molecule has 0 fully saturated rings. The van der Waals surface area contributed by atoms with Gasteiger partial charge in [0, 0.05) is 43.1 Å². The number of hydrogen-bond donors (Lipinski definition) is 1. The highest BCUT2D eigenvalue weighted by Crippen LogP contribution is 2.27. The largest absolute Gasteiger partial charge is 0.379 e. The number of nitro groups is 1. The predicted octanol–water partition coefficient (Wildman–Crippen LogP) is 3.02. The van der Waals surface area contributed by atoms with Gasteiger partial charge in [0.05, 0.1) is 4.92 Å². The van der Waals surface area contributed by atoms with Crippen molar-refractivity contribution in [3.8, 4) is 0 Å². The topological polar surface area (TPSA) is 103 Å². The Balaban J connectivity index is 1.49. The fraction of sp³-hybridized carbons (Fsp3) is 0.250. The van der Waals surface area contributed by atoms with Gasteiger partial charge in [0.15, 0.2) is 5.78 Å². The molecule has 3 aromatic rings. The van der Waals surface area contributed by atoms with Crippen LogP contribution in [0, 0.1) is 10.1 Å². The molecule has 4 rings (SSSR count). The number of carbonyl (C=O) groups excluding carboxylic acids is 1. The molecule has 0 saturated carbocycles. The van der Waals surface area contributed by atoms with Gasteiger partial charge in [0.25, 0.3) is 5.69 Å². The second-order valence-corrected chi connectivity index (χ2v) is 6.65. The van der Waals surface area contributed by atoms with Crippen molar-refractivity contribution < 1.29 is 9.72 Å². The molecule has 0 amide bonds. The molecule has 1 N–H and O–H groups in total. The van der Waals surface area contributed by atoms with Crippen LogP contribution in [0.5, 0.6) is 0 Å². The van der Waals surface area contributed by atoms with Crippen molar-refractivity contribution in [3.63, 3.8) is 0 Å². The maximum absolute atomic E-state index is 12.5. The molecule has 1 aliphatic heterocycles. The molecule has 0 bridgehead atoms. The number of carbonyl (C=O) groups is 1. The number of aryl methyl sites for hydroxylation is 1.